The topological polar surface area (TPSA) is 96.0 Å². The summed E-state index contributed by atoms with van der Waals surface area (Å²) >= 11 is 6.01. The maximum atomic E-state index is 14.0. The van der Waals surface area contributed by atoms with Crippen molar-refractivity contribution in [2.24, 2.45) is 0 Å². The average Bonchev–Trinajstić information content (AvgIpc) is 2.95. The van der Waals surface area contributed by atoms with E-state index in [-0.39, 0.29) is 23.0 Å². The van der Waals surface area contributed by atoms with Crippen LogP contribution in [-0.2, 0) is 26.2 Å². The van der Waals surface area contributed by atoms with Gasteiger partial charge in [0, 0.05) is 18.1 Å². The molecule has 3 rings (SSSR count). The first-order chi connectivity index (χ1) is 19.6. The van der Waals surface area contributed by atoms with Crippen molar-refractivity contribution in [3.63, 3.8) is 0 Å². The molecule has 0 saturated carbocycles. The molecule has 10 heteroatoms. The zero-order chi connectivity index (χ0) is 30.0. The molecule has 0 radical (unpaired) electrons. The van der Waals surface area contributed by atoms with Crippen LogP contribution in [0.3, 0.4) is 0 Å². The SMILES string of the molecule is CCCCNC(=O)[C@H](C)N(Cc1cccc(C)c1)C(=O)CN(c1ccc(OCC)cc1)S(=O)(=O)c1ccc(Cl)cc1. The zero-order valence-corrected chi connectivity index (χ0v) is 25.5. The van der Waals surface area contributed by atoms with Gasteiger partial charge in [-0.1, -0.05) is 54.8 Å². The Hall–Kier alpha value is -3.56. The minimum atomic E-state index is -4.18. The molecule has 8 nitrogen and oxygen atoms in total. The molecule has 0 saturated heterocycles. The van der Waals surface area contributed by atoms with Crippen LogP contribution in [0.15, 0.2) is 77.7 Å². The second-order valence-corrected chi connectivity index (χ2v) is 12.0. The summed E-state index contributed by atoms with van der Waals surface area (Å²) in [6.45, 7) is 8.06. The summed E-state index contributed by atoms with van der Waals surface area (Å²) in [7, 11) is -4.18. The molecule has 3 aromatic rings. The third-order valence-electron chi connectivity index (χ3n) is 6.55. The third-order valence-corrected chi connectivity index (χ3v) is 8.59. The molecule has 0 unspecified atom stereocenters. The molecule has 0 aliphatic heterocycles. The van der Waals surface area contributed by atoms with E-state index in [0.717, 1.165) is 28.3 Å². The van der Waals surface area contributed by atoms with Gasteiger partial charge in [-0.05, 0) is 81.3 Å². The number of halogens is 1. The molecule has 3 aromatic carbocycles. The molecule has 220 valence electrons. The van der Waals surface area contributed by atoms with E-state index in [9.17, 15) is 18.0 Å². The second-order valence-electron chi connectivity index (χ2n) is 9.72. The number of anilines is 1. The Labute approximate surface area is 248 Å². The van der Waals surface area contributed by atoms with Gasteiger partial charge in [-0.25, -0.2) is 8.42 Å². The molecular formula is C31H38ClN3O5S. The first kappa shape index (κ1) is 32.0. The standard InChI is InChI=1S/C31H38ClN3O5S/c1-5-7-19-33-31(37)24(4)34(21-25-10-8-9-23(3)20-25)30(36)22-35(27-13-15-28(16-14-27)40-6-2)41(38,39)29-17-11-26(32)12-18-29/h8-18,20,24H,5-7,19,21-22H2,1-4H3,(H,33,37)/t24-/m0/s1. The molecule has 1 N–H and O–H groups in total. The number of carbonyl (C=O) groups excluding carboxylic acids is 2. The number of amides is 2. The summed E-state index contributed by atoms with van der Waals surface area (Å²) in [5.74, 6) is -0.242. The van der Waals surface area contributed by atoms with E-state index in [1.54, 1.807) is 31.2 Å². The van der Waals surface area contributed by atoms with Crippen molar-refractivity contribution >= 4 is 39.1 Å². The fourth-order valence-corrected chi connectivity index (χ4v) is 5.80. The number of hydrogen-bond acceptors (Lipinski definition) is 5. The molecule has 41 heavy (non-hydrogen) atoms. The molecule has 0 bridgehead atoms. The summed E-state index contributed by atoms with van der Waals surface area (Å²) in [6.07, 6.45) is 1.73. The second kappa shape index (κ2) is 14.9. The summed E-state index contributed by atoms with van der Waals surface area (Å²) in [5, 5.41) is 3.28. The van der Waals surface area contributed by atoms with Gasteiger partial charge in [0.05, 0.1) is 17.2 Å². The molecule has 0 aliphatic rings. The Morgan fingerprint density at radius 3 is 2.29 bits per heavy atom. The van der Waals surface area contributed by atoms with Crippen molar-refractivity contribution in [2.75, 3.05) is 24.0 Å². The van der Waals surface area contributed by atoms with Crippen molar-refractivity contribution in [1.82, 2.24) is 10.2 Å². The lowest BCUT2D eigenvalue weighted by Gasteiger charge is -2.32. The van der Waals surface area contributed by atoms with E-state index in [1.807, 2.05) is 45.0 Å². The first-order valence-corrected chi connectivity index (χ1v) is 15.5. The van der Waals surface area contributed by atoms with Gasteiger partial charge in [0.25, 0.3) is 10.0 Å². The maximum Gasteiger partial charge on any atom is 0.264 e. The Bertz CT molecular complexity index is 1410. The number of rotatable bonds is 14. The predicted molar refractivity (Wildman–Crippen MR) is 163 cm³/mol. The van der Waals surface area contributed by atoms with Crippen molar-refractivity contribution in [1.29, 1.82) is 0 Å². The van der Waals surface area contributed by atoms with Gasteiger partial charge in [0.1, 0.15) is 18.3 Å². The fraction of sp³-hybridized carbons (Fsp3) is 0.355. The van der Waals surface area contributed by atoms with Crippen molar-refractivity contribution in [3.05, 3.63) is 88.9 Å². The molecule has 0 aliphatic carbocycles. The van der Waals surface area contributed by atoms with Gasteiger partial charge in [-0.3, -0.25) is 13.9 Å². The van der Waals surface area contributed by atoms with Crippen LogP contribution in [-0.4, -0.2) is 50.9 Å². The third kappa shape index (κ3) is 8.71. The molecule has 0 heterocycles. The van der Waals surface area contributed by atoms with Crippen LogP contribution in [0.2, 0.25) is 5.02 Å². The predicted octanol–water partition coefficient (Wildman–Crippen LogP) is 5.58. The number of nitrogens with one attached hydrogen (secondary N) is 1. The lowest BCUT2D eigenvalue weighted by atomic mass is 10.1. The number of sulfonamides is 1. The van der Waals surface area contributed by atoms with Crippen molar-refractivity contribution in [2.45, 2.75) is 58.0 Å². The van der Waals surface area contributed by atoms with Crippen molar-refractivity contribution in [3.8, 4) is 5.75 Å². The fourth-order valence-electron chi connectivity index (χ4n) is 4.26. The van der Waals surface area contributed by atoms with Crippen LogP contribution in [0, 0.1) is 6.92 Å². The molecule has 1 atom stereocenters. The van der Waals surface area contributed by atoms with Crippen LogP contribution in [0.1, 0.15) is 44.7 Å². The average molecular weight is 600 g/mol. The van der Waals surface area contributed by atoms with Crippen LogP contribution in [0.4, 0.5) is 5.69 Å². The summed E-state index contributed by atoms with van der Waals surface area (Å²) in [6, 6.07) is 19.1. The number of nitrogens with zero attached hydrogens (tertiary/aromatic N) is 2. The minimum absolute atomic E-state index is 0.0147. The van der Waals surface area contributed by atoms with Gasteiger partial charge >= 0.3 is 0 Å². The normalized spacial score (nSPS) is 11.9. The Morgan fingerprint density at radius 2 is 1.68 bits per heavy atom. The largest absolute Gasteiger partial charge is 0.494 e. The van der Waals surface area contributed by atoms with Crippen LogP contribution < -0.4 is 14.4 Å². The Morgan fingerprint density at radius 1 is 1.00 bits per heavy atom. The number of aryl methyl sites for hydroxylation is 1. The Kier molecular flexibility index (Phi) is 11.6. The molecule has 0 spiro atoms. The molecule has 0 fully saturated rings. The summed E-state index contributed by atoms with van der Waals surface area (Å²) in [4.78, 5) is 28.5. The number of hydrogen-bond donors (Lipinski definition) is 1. The summed E-state index contributed by atoms with van der Waals surface area (Å²) in [5.41, 5.74) is 2.13. The van der Waals surface area contributed by atoms with Gasteiger partial charge in [0.2, 0.25) is 11.8 Å². The number of carbonyl (C=O) groups is 2. The minimum Gasteiger partial charge on any atom is -0.494 e. The lowest BCUT2D eigenvalue weighted by Crippen LogP contribution is -2.51. The van der Waals surface area contributed by atoms with Gasteiger partial charge in [0.15, 0.2) is 0 Å². The van der Waals surface area contributed by atoms with E-state index < -0.39 is 28.5 Å². The zero-order valence-electron chi connectivity index (χ0n) is 24.0. The molecular weight excluding hydrogens is 562 g/mol. The van der Waals surface area contributed by atoms with Gasteiger partial charge in [-0.15, -0.1) is 0 Å². The van der Waals surface area contributed by atoms with Crippen LogP contribution in [0.5, 0.6) is 5.75 Å². The van der Waals surface area contributed by atoms with Crippen LogP contribution in [0.25, 0.3) is 0 Å². The highest BCUT2D eigenvalue weighted by atomic mass is 35.5. The van der Waals surface area contributed by atoms with Gasteiger partial charge in [-0.2, -0.15) is 0 Å². The molecule has 2 amide bonds. The van der Waals surface area contributed by atoms with Crippen LogP contribution >= 0.6 is 11.6 Å². The quantitative estimate of drug-likeness (QED) is 0.244. The van der Waals surface area contributed by atoms with E-state index in [0.29, 0.717) is 23.9 Å². The monoisotopic (exact) mass is 599 g/mol. The highest BCUT2D eigenvalue weighted by Crippen LogP contribution is 2.27. The highest BCUT2D eigenvalue weighted by molar-refractivity contribution is 7.92. The van der Waals surface area contributed by atoms with E-state index in [4.69, 9.17) is 16.3 Å². The van der Waals surface area contributed by atoms with E-state index in [2.05, 4.69) is 5.32 Å². The summed E-state index contributed by atoms with van der Waals surface area (Å²) < 4.78 is 34.4. The van der Waals surface area contributed by atoms with E-state index >= 15 is 0 Å². The number of unbranched alkanes of at least 4 members (excludes halogenated alkanes) is 1. The lowest BCUT2D eigenvalue weighted by molar-refractivity contribution is -0.139. The van der Waals surface area contributed by atoms with Gasteiger partial charge < -0.3 is 15.0 Å². The molecule has 0 aromatic heterocycles. The maximum absolute atomic E-state index is 14.0. The van der Waals surface area contributed by atoms with Crippen molar-refractivity contribution < 1.29 is 22.7 Å². The Balaban J connectivity index is 2.00. The number of benzene rings is 3. The smallest absolute Gasteiger partial charge is 0.264 e. The van der Waals surface area contributed by atoms with E-state index in [1.165, 1.54) is 29.2 Å². The number of ether oxygens (including phenoxy) is 1. The first-order valence-electron chi connectivity index (χ1n) is 13.7. The highest BCUT2D eigenvalue weighted by Gasteiger charge is 2.32.